The van der Waals surface area contributed by atoms with Crippen molar-refractivity contribution in [1.29, 1.82) is 0 Å². The minimum absolute atomic E-state index is 0. The molecule has 1 atom stereocenters. The SMILES string of the molecule is CC(N)CN1CCc2cnccc2C1.Cl.Cl.Cl. The largest absolute Gasteiger partial charge is 0.327 e. The number of nitrogens with two attached hydrogens (primary N) is 1. The van der Waals surface area contributed by atoms with E-state index in [-0.39, 0.29) is 43.3 Å². The third-order valence-corrected chi connectivity index (χ3v) is 2.64. The van der Waals surface area contributed by atoms with E-state index in [1.54, 1.807) is 0 Å². The molecule has 0 fully saturated rings. The molecule has 0 spiro atoms. The smallest absolute Gasteiger partial charge is 0.0303 e. The zero-order valence-corrected chi connectivity index (χ0v) is 12.3. The van der Waals surface area contributed by atoms with Crippen LogP contribution in [-0.4, -0.2) is 29.0 Å². The van der Waals surface area contributed by atoms with Gasteiger partial charge in [0.1, 0.15) is 0 Å². The lowest BCUT2D eigenvalue weighted by Gasteiger charge is -2.29. The first kappa shape index (κ1) is 19.3. The van der Waals surface area contributed by atoms with Crippen LogP contribution in [0, 0.1) is 0 Å². The van der Waals surface area contributed by atoms with Crippen LogP contribution >= 0.6 is 37.2 Å². The van der Waals surface area contributed by atoms with Crippen molar-refractivity contribution in [3.05, 3.63) is 29.6 Å². The van der Waals surface area contributed by atoms with Crippen LogP contribution in [0.15, 0.2) is 18.5 Å². The zero-order chi connectivity index (χ0) is 9.97. The predicted octanol–water partition coefficient (Wildman–Crippen LogP) is 2.05. The number of aromatic nitrogens is 1. The fourth-order valence-electron chi connectivity index (χ4n) is 2.00. The minimum Gasteiger partial charge on any atom is -0.327 e. The molecule has 1 aliphatic rings. The van der Waals surface area contributed by atoms with Crippen molar-refractivity contribution in [2.75, 3.05) is 13.1 Å². The van der Waals surface area contributed by atoms with Crippen molar-refractivity contribution in [2.24, 2.45) is 5.73 Å². The summed E-state index contributed by atoms with van der Waals surface area (Å²) in [5.41, 5.74) is 8.60. The third-order valence-electron chi connectivity index (χ3n) is 2.64. The second kappa shape index (κ2) is 8.95. The van der Waals surface area contributed by atoms with E-state index in [2.05, 4.69) is 22.9 Å². The van der Waals surface area contributed by atoms with E-state index in [0.717, 1.165) is 26.1 Å². The predicted molar refractivity (Wildman–Crippen MR) is 78.6 cm³/mol. The molecule has 0 radical (unpaired) electrons. The summed E-state index contributed by atoms with van der Waals surface area (Å²) in [7, 11) is 0. The number of hydrogen-bond donors (Lipinski definition) is 1. The van der Waals surface area contributed by atoms with Crippen LogP contribution < -0.4 is 5.73 Å². The van der Waals surface area contributed by atoms with Gasteiger partial charge in [-0.3, -0.25) is 9.88 Å². The number of hydrogen-bond acceptors (Lipinski definition) is 3. The standard InChI is InChI=1S/C11H17N3.3ClH/c1-9(12)7-14-5-3-10-6-13-4-2-11(10)8-14;;;/h2,4,6,9H,3,5,7-8,12H2,1H3;3*1H. The van der Waals surface area contributed by atoms with Gasteiger partial charge in [0.15, 0.2) is 0 Å². The van der Waals surface area contributed by atoms with Crippen LogP contribution in [0.3, 0.4) is 0 Å². The van der Waals surface area contributed by atoms with E-state index in [1.807, 2.05) is 12.4 Å². The van der Waals surface area contributed by atoms with Crippen LogP contribution in [-0.2, 0) is 13.0 Å². The number of pyridine rings is 1. The summed E-state index contributed by atoms with van der Waals surface area (Å²) in [4.78, 5) is 6.55. The van der Waals surface area contributed by atoms with Gasteiger partial charge < -0.3 is 5.73 Å². The lowest BCUT2D eigenvalue weighted by atomic mass is 10.0. The molecule has 17 heavy (non-hydrogen) atoms. The van der Waals surface area contributed by atoms with Crippen LogP contribution in [0.5, 0.6) is 0 Å². The average Bonchev–Trinajstić information content (AvgIpc) is 2.17. The normalized spacial score (nSPS) is 15.6. The molecule has 2 rings (SSSR count). The van der Waals surface area contributed by atoms with Crippen LogP contribution in [0.1, 0.15) is 18.1 Å². The molecule has 0 aliphatic carbocycles. The molecule has 0 saturated carbocycles. The van der Waals surface area contributed by atoms with Gasteiger partial charge in [0.2, 0.25) is 0 Å². The second-order valence-corrected chi connectivity index (χ2v) is 4.11. The van der Waals surface area contributed by atoms with E-state index in [0.29, 0.717) is 0 Å². The second-order valence-electron chi connectivity index (χ2n) is 4.11. The Hall–Kier alpha value is -0.0600. The summed E-state index contributed by atoms with van der Waals surface area (Å²) in [6.07, 6.45) is 4.96. The van der Waals surface area contributed by atoms with Crippen molar-refractivity contribution in [1.82, 2.24) is 9.88 Å². The molecule has 6 heteroatoms. The number of halogens is 3. The molecule has 100 valence electrons. The Morgan fingerprint density at radius 3 is 2.71 bits per heavy atom. The van der Waals surface area contributed by atoms with Gasteiger partial charge in [0.25, 0.3) is 0 Å². The quantitative estimate of drug-likeness (QED) is 0.909. The topological polar surface area (TPSA) is 42.1 Å². The van der Waals surface area contributed by atoms with Crippen molar-refractivity contribution in [2.45, 2.75) is 25.9 Å². The Morgan fingerprint density at radius 1 is 1.35 bits per heavy atom. The van der Waals surface area contributed by atoms with Crippen molar-refractivity contribution < 1.29 is 0 Å². The number of nitrogens with zero attached hydrogens (tertiary/aromatic N) is 2. The molecule has 0 amide bonds. The van der Waals surface area contributed by atoms with E-state index < -0.39 is 0 Å². The monoisotopic (exact) mass is 299 g/mol. The molecule has 2 heterocycles. The van der Waals surface area contributed by atoms with Crippen molar-refractivity contribution in [3.8, 4) is 0 Å². The molecule has 0 aromatic carbocycles. The molecule has 1 aliphatic heterocycles. The summed E-state index contributed by atoms with van der Waals surface area (Å²) in [6.45, 7) is 5.18. The molecular formula is C11H20Cl3N3. The first-order valence-corrected chi connectivity index (χ1v) is 5.15. The maximum atomic E-state index is 5.79. The molecule has 0 bridgehead atoms. The van der Waals surface area contributed by atoms with Gasteiger partial charge >= 0.3 is 0 Å². The van der Waals surface area contributed by atoms with Gasteiger partial charge in [-0.25, -0.2) is 0 Å². The van der Waals surface area contributed by atoms with Gasteiger partial charge in [0.05, 0.1) is 0 Å². The molecular weight excluding hydrogens is 281 g/mol. The fraction of sp³-hybridized carbons (Fsp3) is 0.545. The van der Waals surface area contributed by atoms with E-state index in [4.69, 9.17) is 5.73 Å². The Bertz CT molecular complexity index is 321. The highest BCUT2D eigenvalue weighted by molar-refractivity contribution is 5.86. The van der Waals surface area contributed by atoms with E-state index >= 15 is 0 Å². The minimum atomic E-state index is 0. The maximum absolute atomic E-state index is 5.79. The lowest BCUT2D eigenvalue weighted by Crippen LogP contribution is -2.38. The first-order chi connectivity index (χ1) is 6.75. The highest BCUT2D eigenvalue weighted by atomic mass is 35.5. The Morgan fingerprint density at radius 2 is 2.06 bits per heavy atom. The summed E-state index contributed by atoms with van der Waals surface area (Å²) in [5, 5.41) is 0. The zero-order valence-electron chi connectivity index (χ0n) is 9.83. The third kappa shape index (κ3) is 5.40. The molecule has 3 nitrogen and oxygen atoms in total. The molecule has 0 saturated heterocycles. The number of rotatable bonds is 2. The number of fused-ring (bicyclic) bond motifs is 1. The van der Waals surface area contributed by atoms with Crippen LogP contribution in [0.25, 0.3) is 0 Å². The first-order valence-electron chi connectivity index (χ1n) is 5.15. The van der Waals surface area contributed by atoms with E-state index in [9.17, 15) is 0 Å². The Labute approximate surface area is 121 Å². The average molecular weight is 301 g/mol. The summed E-state index contributed by atoms with van der Waals surface area (Å²) < 4.78 is 0. The van der Waals surface area contributed by atoms with Crippen molar-refractivity contribution in [3.63, 3.8) is 0 Å². The van der Waals surface area contributed by atoms with Crippen molar-refractivity contribution >= 4 is 37.2 Å². The molecule has 1 unspecified atom stereocenters. The molecule has 1 aromatic heterocycles. The highest BCUT2D eigenvalue weighted by Crippen LogP contribution is 2.16. The summed E-state index contributed by atoms with van der Waals surface area (Å²) >= 11 is 0. The summed E-state index contributed by atoms with van der Waals surface area (Å²) in [6, 6.07) is 2.38. The van der Waals surface area contributed by atoms with Gasteiger partial charge in [0, 0.05) is 38.1 Å². The maximum Gasteiger partial charge on any atom is 0.0303 e. The summed E-state index contributed by atoms with van der Waals surface area (Å²) in [5.74, 6) is 0. The molecule has 1 aromatic rings. The molecule has 2 N–H and O–H groups in total. The fourth-order valence-corrected chi connectivity index (χ4v) is 2.00. The van der Waals surface area contributed by atoms with Crippen LogP contribution in [0.4, 0.5) is 0 Å². The van der Waals surface area contributed by atoms with Gasteiger partial charge in [-0.15, -0.1) is 37.2 Å². The van der Waals surface area contributed by atoms with Gasteiger partial charge in [-0.1, -0.05) is 0 Å². The Kier molecular flexibility index (Phi) is 10.2. The Balaban J connectivity index is 0. The highest BCUT2D eigenvalue weighted by Gasteiger charge is 2.16. The van der Waals surface area contributed by atoms with Gasteiger partial charge in [-0.05, 0) is 30.5 Å². The lowest BCUT2D eigenvalue weighted by molar-refractivity contribution is 0.242. The van der Waals surface area contributed by atoms with E-state index in [1.165, 1.54) is 11.1 Å². The van der Waals surface area contributed by atoms with Crippen LogP contribution in [0.2, 0.25) is 0 Å². The van der Waals surface area contributed by atoms with Gasteiger partial charge in [-0.2, -0.15) is 0 Å².